The van der Waals surface area contributed by atoms with Crippen molar-refractivity contribution in [1.29, 1.82) is 0 Å². The minimum atomic E-state index is -4.43. The molecule has 0 radical (unpaired) electrons. The van der Waals surface area contributed by atoms with E-state index < -0.39 is 34.1 Å². The van der Waals surface area contributed by atoms with E-state index in [0.717, 1.165) is 19.8 Å². The topological polar surface area (TPSA) is 118 Å². The van der Waals surface area contributed by atoms with Crippen LogP contribution in [-0.2, 0) is 33.4 Å². The molecular weight excluding hydrogens is 450 g/mol. The summed E-state index contributed by atoms with van der Waals surface area (Å²) >= 11 is 6.08. The van der Waals surface area contributed by atoms with Crippen LogP contribution in [0.1, 0.15) is 17.0 Å². The maximum atomic E-state index is 12.9. The van der Waals surface area contributed by atoms with Crippen LogP contribution >= 0.6 is 11.6 Å². The third-order valence-electron chi connectivity index (χ3n) is 4.51. The number of ether oxygens (including phenoxy) is 2. The molecule has 3 rings (SSSR count). The molecule has 0 aliphatic carbocycles. The molecule has 0 spiro atoms. The van der Waals surface area contributed by atoms with Crippen molar-refractivity contribution in [2.24, 2.45) is 5.16 Å². The van der Waals surface area contributed by atoms with Gasteiger partial charge in [0.2, 0.25) is 0 Å². The zero-order valence-corrected chi connectivity index (χ0v) is 18.3. The van der Waals surface area contributed by atoms with E-state index in [0.29, 0.717) is 0 Å². The van der Waals surface area contributed by atoms with E-state index in [9.17, 15) is 18.0 Å². The van der Waals surface area contributed by atoms with Crippen molar-refractivity contribution in [3.8, 4) is 5.75 Å². The fourth-order valence-electron chi connectivity index (χ4n) is 2.97. The quantitative estimate of drug-likeness (QED) is 0.470. The Morgan fingerprint density at radius 3 is 2.39 bits per heavy atom. The highest BCUT2D eigenvalue weighted by Crippen LogP contribution is 2.38. The van der Waals surface area contributed by atoms with Gasteiger partial charge in [-0.2, -0.15) is 8.42 Å². The normalized spacial score (nSPS) is 16.4. The second-order valence-corrected chi connectivity index (χ2v) is 8.53. The van der Waals surface area contributed by atoms with Crippen LogP contribution in [0.4, 0.5) is 0 Å². The average Bonchev–Trinajstić information content (AvgIpc) is 2.76. The summed E-state index contributed by atoms with van der Waals surface area (Å²) in [5.74, 6) is -3.17. The molecule has 2 atom stereocenters. The van der Waals surface area contributed by atoms with Gasteiger partial charge < -0.3 is 14.3 Å². The van der Waals surface area contributed by atoms with Crippen LogP contribution in [-0.4, -0.2) is 46.4 Å². The van der Waals surface area contributed by atoms with Gasteiger partial charge >= 0.3 is 11.9 Å². The lowest BCUT2D eigenvalue weighted by Gasteiger charge is -2.28. The number of hydrogen-bond acceptors (Lipinski definition) is 9. The lowest BCUT2D eigenvalue weighted by Crippen LogP contribution is -2.42. The lowest BCUT2D eigenvalue weighted by atomic mass is 9.87. The van der Waals surface area contributed by atoms with Crippen molar-refractivity contribution >= 4 is 39.4 Å². The number of carbonyl (C=O) groups is 2. The molecule has 11 heteroatoms. The van der Waals surface area contributed by atoms with Gasteiger partial charge in [0, 0.05) is 10.6 Å². The average molecular weight is 468 g/mol. The van der Waals surface area contributed by atoms with Gasteiger partial charge in [-0.15, -0.1) is 0 Å². The molecule has 0 saturated heterocycles. The highest BCUT2D eigenvalue weighted by atomic mass is 35.5. The fourth-order valence-corrected chi connectivity index (χ4v) is 4.19. The second kappa shape index (κ2) is 9.04. The number of carbonyl (C=O) groups excluding carboxylic acids is 2. The van der Waals surface area contributed by atoms with Crippen LogP contribution in [0.15, 0.2) is 52.5 Å². The Morgan fingerprint density at radius 2 is 1.77 bits per heavy atom. The summed E-state index contributed by atoms with van der Waals surface area (Å²) in [6, 6.07) is 10.2. The smallest absolute Gasteiger partial charge is 0.356 e. The van der Waals surface area contributed by atoms with E-state index in [1.807, 2.05) is 0 Å². The summed E-state index contributed by atoms with van der Waals surface area (Å²) in [5, 5.41) is 3.97. The summed E-state index contributed by atoms with van der Waals surface area (Å²) in [7, 11) is -2.27. The summed E-state index contributed by atoms with van der Waals surface area (Å²) in [4.78, 5) is 30.0. The highest BCUT2D eigenvalue weighted by molar-refractivity contribution is 7.86. The summed E-state index contributed by atoms with van der Waals surface area (Å²) in [6.07, 6.45) is -1.81. The van der Waals surface area contributed by atoms with E-state index in [4.69, 9.17) is 30.1 Å². The van der Waals surface area contributed by atoms with Gasteiger partial charge in [-0.25, -0.2) is 13.8 Å². The number of aryl methyl sites for hydroxylation is 1. The van der Waals surface area contributed by atoms with Crippen LogP contribution in [0.5, 0.6) is 5.75 Å². The number of fused-ring (bicyclic) bond motifs is 1. The van der Waals surface area contributed by atoms with Crippen molar-refractivity contribution in [3.63, 3.8) is 0 Å². The van der Waals surface area contributed by atoms with Crippen LogP contribution in [0.25, 0.3) is 0 Å². The van der Waals surface area contributed by atoms with Gasteiger partial charge in [0.1, 0.15) is 0 Å². The van der Waals surface area contributed by atoms with E-state index in [1.54, 1.807) is 19.1 Å². The van der Waals surface area contributed by atoms with Gasteiger partial charge in [-0.1, -0.05) is 34.5 Å². The Kier molecular flexibility index (Phi) is 6.63. The van der Waals surface area contributed by atoms with Crippen molar-refractivity contribution in [1.82, 2.24) is 0 Å². The van der Waals surface area contributed by atoms with Crippen molar-refractivity contribution in [2.45, 2.75) is 23.8 Å². The zero-order chi connectivity index (χ0) is 22.8. The Bertz CT molecular complexity index is 1140. The van der Waals surface area contributed by atoms with E-state index >= 15 is 0 Å². The highest BCUT2D eigenvalue weighted by Gasteiger charge is 2.45. The molecule has 0 fully saturated rings. The predicted octanol–water partition coefficient (Wildman–Crippen LogP) is 2.60. The van der Waals surface area contributed by atoms with Gasteiger partial charge in [0.05, 0.1) is 25.0 Å². The molecule has 2 aromatic carbocycles. The van der Waals surface area contributed by atoms with Crippen LogP contribution < -0.4 is 4.84 Å². The molecule has 1 aliphatic heterocycles. The third kappa shape index (κ3) is 4.71. The number of halogens is 1. The van der Waals surface area contributed by atoms with Gasteiger partial charge in [-0.3, -0.25) is 0 Å². The molecule has 164 valence electrons. The fraction of sp³-hybridized carbons (Fsp3) is 0.250. The number of methoxy groups -OCH3 is 2. The first-order chi connectivity index (χ1) is 14.7. The number of oxime groups is 1. The summed E-state index contributed by atoms with van der Waals surface area (Å²) in [6.45, 7) is 1.79. The summed E-state index contributed by atoms with van der Waals surface area (Å²) in [5.41, 5.74) is 0.653. The summed E-state index contributed by atoms with van der Waals surface area (Å²) < 4.78 is 40.6. The van der Waals surface area contributed by atoms with Gasteiger partial charge in [0.15, 0.2) is 17.6 Å². The Hall–Kier alpha value is -2.95. The zero-order valence-electron chi connectivity index (χ0n) is 16.7. The number of esters is 2. The molecule has 2 aromatic rings. The first kappa shape index (κ1) is 22.7. The Balaban J connectivity index is 2.13. The molecule has 0 aromatic heterocycles. The van der Waals surface area contributed by atoms with E-state index in [1.165, 1.54) is 30.3 Å². The third-order valence-corrected chi connectivity index (χ3v) is 6.06. The molecule has 0 amide bonds. The number of rotatable bonds is 6. The molecule has 0 unspecified atom stereocenters. The molecule has 31 heavy (non-hydrogen) atoms. The largest absolute Gasteiger partial charge is 0.467 e. The van der Waals surface area contributed by atoms with Crippen molar-refractivity contribution < 1.29 is 36.5 Å². The maximum absolute atomic E-state index is 12.9. The second-order valence-electron chi connectivity index (χ2n) is 6.53. The maximum Gasteiger partial charge on any atom is 0.356 e. The molecule has 1 heterocycles. The van der Waals surface area contributed by atoms with E-state index in [2.05, 4.69) is 5.16 Å². The van der Waals surface area contributed by atoms with Gasteiger partial charge in [-0.05, 0) is 37.3 Å². The number of hydrogen-bond donors (Lipinski definition) is 0. The Labute approximate surface area is 183 Å². The van der Waals surface area contributed by atoms with E-state index in [-0.39, 0.29) is 26.9 Å². The molecule has 0 saturated carbocycles. The lowest BCUT2D eigenvalue weighted by molar-refractivity contribution is -0.149. The monoisotopic (exact) mass is 467 g/mol. The first-order valence-electron chi connectivity index (χ1n) is 8.88. The first-order valence-corrected chi connectivity index (χ1v) is 10.7. The standard InChI is InChI=1S/C20H18ClNO8S/c1-11-4-7-13(8-5-11)31(25,26)30-18(20(24)28-3)16-14-10-12(21)6-9-15(14)29-22-17(16)19(23)27-2/h4-10,16,18H,1-3H3/t16-,18+/m1/s1. The number of nitrogens with zero attached hydrogens (tertiary/aromatic N) is 1. The Morgan fingerprint density at radius 1 is 1.10 bits per heavy atom. The molecule has 0 bridgehead atoms. The SMILES string of the molecule is COC(=O)C1=NOc2ccc(Cl)cc2[C@H]1[C@H](OS(=O)(=O)c1ccc(C)cc1)C(=O)OC. The number of benzene rings is 2. The van der Waals surface area contributed by atoms with Gasteiger partial charge in [0.25, 0.3) is 10.1 Å². The minimum absolute atomic E-state index is 0.160. The molecule has 1 aliphatic rings. The van der Waals surface area contributed by atoms with Crippen molar-refractivity contribution in [2.75, 3.05) is 14.2 Å². The molecule has 9 nitrogen and oxygen atoms in total. The molecule has 0 N–H and O–H groups in total. The predicted molar refractivity (Wildman–Crippen MR) is 110 cm³/mol. The minimum Gasteiger partial charge on any atom is -0.467 e. The van der Waals surface area contributed by atoms with Crippen LogP contribution in [0.3, 0.4) is 0 Å². The molecular formula is C20H18ClNO8S. The van der Waals surface area contributed by atoms with Crippen LogP contribution in [0.2, 0.25) is 5.02 Å². The van der Waals surface area contributed by atoms with Crippen LogP contribution in [0, 0.1) is 6.92 Å². The van der Waals surface area contributed by atoms with Crippen molar-refractivity contribution in [3.05, 3.63) is 58.6 Å².